The number of nitriles is 1. The molecule has 0 aromatic carbocycles. The monoisotopic (exact) mass is 198 g/mol. The van der Waals surface area contributed by atoms with Crippen molar-refractivity contribution in [2.24, 2.45) is 4.99 Å². The standard InChI is InChI=1S/C9H14N2O3/c1-3-14-9(12)5-4-8(6-10)11-7-13-2/h7-8H,3-5H2,1-2H3. The van der Waals surface area contributed by atoms with E-state index in [1.54, 1.807) is 6.92 Å². The van der Waals surface area contributed by atoms with E-state index in [0.717, 1.165) is 0 Å². The van der Waals surface area contributed by atoms with E-state index < -0.39 is 6.04 Å². The van der Waals surface area contributed by atoms with Gasteiger partial charge in [0.25, 0.3) is 0 Å². The lowest BCUT2D eigenvalue weighted by atomic mass is 10.2. The number of esters is 1. The van der Waals surface area contributed by atoms with Gasteiger partial charge in [-0.25, -0.2) is 4.99 Å². The summed E-state index contributed by atoms with van der Waals surface area (Å²) in [5, 5.41) is 8.62. The van der Waals surface area contributed by atoms with Crippen LogP contribution in [0.25, 0.3) is 0 Å². The molecule has 0 rings (SSSR count). The average Bonchev–Trinajstić information content (AvgIpc) is 2.19. The maximum Gasteiger partial charge on any atom is 0.305 e. The highest BCUT2D eigenvalue weighted by Crippen LogP contribution is 2.01. The molecule has 0 spiro atoms. The molecule has 14 heavy (non-hydrogen) atoms. The SMILES string of the molecule is CCOC(=O)CCC(C#N)N=COC. The number of ether oxygens (including phenoxy) is 2. The summed E-state index contributed by atoms with van der Waals surface area (Å²) in [4.78, 5) is 14.7. The highest BCUT2D eigenvalue weighted by molar-refractivity contribution is 5.69. The van der Waals surface area contributed by atoms with Crippen LogP contribution in [0.15, 0.2) is 4.99 Å². The molecule has 5 heteroatoms. The Morgan fingerprint density at radius 1 is 1.71 bits per heavy atom. The summed E-state index contributed by atoms with van der Waals surface area (Å²) in [7, 11) is 1.45. The minimum Gasteiger partial charge on any atom is -0.487 e. The fourth-order valence-corrected chi connectivity index (χ4v) is 0.794. The number of carbonyl (C=O) groups is 1. The fourth-order valence-electron chi connectivity index (χ4n) is 0.794. The molecule has 0 radical (unpaired) electrons. The second-order valence-electron chi connectivity index (χ2n) is 2.48. The molecule has 0 amide bonds. The Balaban J connectivity index is 3.79. The molecule has 78 valence electrons. The molecule has 0 bridgehead atoms. The fraction of sp³-hybridized carbons (Fsp3) is 0.667. The lowest BCUT2D eigenvalue weighted by molar-refractivity contribution is -0.143. The van der Waals surface area contributed by atoms with Gasteiger partial charge in [0, 0.05) is 6.42 Å². The Morgan fingerprint density at radius 3 is 2.93 bits per heavy atom. The number of hydrogen-bond acceptors (Lipinski definition) is 5. The molecule has 0 aliphatic rings. The van der Waals surface area contributed by atoms with Crippen LogP contribution in [0.1, 0.15) is 19.8 Å². The molecule has 0 aromatic heterocycles. The highest BCUT2D eigenvalue weighted by Gasteiger charge is 2.08. The molecule has 5 nitrogen and oxygen atoms in total. The van der Waals surface area contributed by atoms with E-state index in [2.05, 4.69) is 9.73 Å². The molecular weight excluding hydrogens is 184 g/mol. The van der Waals surface area contributed by atoms with Gasteiger partial charge in [-0.15, -0.1) is 0 Å². The number of aliphatic imine (C=N–C) groups is 1. The number of nitrogens with zero attached hydrogens (tertiary/aromatic N) is 2. The van der Waals surface area contributed by atoms with Crippen LogP contribution in [0.2, 0.25) is 0 Å². The van der Waals surface area contributed by atoms with Gasteiger partial charge in [0.15, 0.2) is 6.40 Å². The topological polar surface area (TPSA) is 71.7 Å². The largest absolute Gasteiger partial charge is 0.487 e. The predicted octanol–water partition coefficient (Wildman–Crippen LogP) is 0.897. The molecule has 0 heterocycles. The molecule has 0 fully saturated rings. The third-order valence-corrected chi connectivity index (χ3v) is 1.42. The van der Waals surface area contributed by atoms with Gasteiger partial charge in [-0.1, -0.05) is 0 Å². The first kappa shape index (κ1) is 12.4. The number of hydrogen-bond donors (Lipinski definition) is 0. The molecule has 0 aromatic rings. The van der Waals surface area contributed by atoms with E-state index in [1.165, 1.54) is 13.5 Å². The van der Waals surface area contributed by atoms with E-state index in [0.29, 0.717) is 13.0 Å². The van der Waals surface area contributed by atoms with Gasteiger partial charge >= 0.3 is 5.97 Å². The second kappa shape index (κ2) is 8.05. The van der Waals surface area contributed by atoms with Gasteiger partial charge in [0.1, 0.15) is 6.04 Å². The van der Waals surface area contributed by atoms with Crippen molar-refractivity contribution in [2.45, 2.75) is 25.8 Å². The minimum atomic E-state index is -0.542. The van der Waals surface area contributed by atoms with Crippen LogP contribution in [0.5, 0.6) is 0 Å². The Bertz CT molecular complexity index is 233. The zero-order valence-electron chi connectivity index (χ0n) is 8.40. The maximum absolute atomic E-state index is 10.9. The van der Waals surface area contributed by atoms with Crippen molar-refractivity contribution in [3.05, 3.63) is 0 Å². The minimum absolute atomic E-state index is 0.202. The predicted molar refractivity (Wildman–Crippen MR) is 50.8 cm³/mol. The lowest BCUT2D eigenvalue weighted by Crippen LogP contribution is -2.09. The third-order valence-electron chi connectivity index (χ3n) is 1.42. The number of carbonyl (C=O) groups excluding carboxylic acids is 1. The molecule has 1 unspecified atom stereocenters. The van der Waals surface area contributed by atoms with Gasteiger partial charge in [-0.05, 0) is 13.3 Å². The van der Waals surface area contributed by atoms with Crippen LogP contribution in [0.3, 0.4) is 0 Å². The van der Waals surface area contributed by atoms with Gasteiger partial charge in [-0.3, -0.25) is 4.79 Å². The van der Waals surface area contributed by atoms with Gasteiger partial charge < -0.3 is 9.47 Å². The van der Waals surface area contributed by atoms with Crippen molar-refractivity contribution >= 4 is 12.4 Å². The molecule has 0 saturated carbocycles. The second-order valence-corrected chi connectivity index (χ2v) is 2.48. The van der Waals surface area contributed by atoms with Crippen molar-refractivity contribution in [1.82, 2.24) is 0 Å². The Labute approximate surface area is 83.3 Å². The van der Waals surface area contributed by atoms with Crippen molar-refractivity contribution in [2.75, 3.05) is 13.7 Å². The summed E-state index contributed by atoms with van der Waals surface area (Å²) in [6.45, 7) is 2.10. The van der Waals surface area contributed by atoms with Crippen molar-refractivity contribution in [3.8, 4) is 6.07 Å². The maximum atomic E-state index is 10.9. The van der Waals surface area contributed by atoms with Crippen LogP contribution in [-0.4, -0.2) is 32.1 Å². The lowest BCUT2D eigenvalue weighted by Gasteiger charge is -2.03. The molecule has 0 aliphatic carbocycles. The summed E-state index contributed by atoms with van der Waals surface area (Å²) in [5.74, 6) is -0.305. The zero-order chi connectivity index (χ0) is 10.8. The van der Waals surface area contributed by atoms with Gasteiger partial charge in [0.2, 0.25) is 0 Å². The smallest absolute Gasteiger partial charge is 0.305 e. The summed E-state index contributed by atoms with van der Waals surface area (Å²) in [6.07, 6.45) is 1.75. The average molecular weight is 198 g/mol. The Hall–Kier alpha value is -1.57. The number of methoxy groups -OCH3 is 1. The zero-order valence-corrected chi connectivity index (χ0v) is 8.40. The Kier molecular flexibility index (Phi) is 7.15. The van der Waals surface area contributed by atoms with E-state index in [9.17, 15) is 4.79 Å². The summed E-state index contributed by atoms with van der Waals surface area (Å²) < 4.78 is 9.28. The van der Waals surface area contributed by atoms with Crippen molar-refractivity contribution in [1.29, 1.82) is 5.26 Å². The van der Waals surface area contributed by atoms with Crippen molar-refractivity contribution < 1.29 is 14.3 Å². The van der Waals surface area contributed by atoms with Gasteiger partial charge in [0.05, 0.1) is 19.8 Å². The van der Waals surface area contributed by atoms with Gasteiger partial charge in [-0.2, -0.15) is 5.26 Å². The first-order valence-electron chi connectivity index (χ1n) is 4.34. The Morgan fingerprint density at radius 2 is 2.43 bits per heavy atom. The normalized spacial score (nSPS) is 12.1. The molecular formula is C9H14N2O3. The number of rotatable bonds is 6. The van der Waals surface area contributed by atoms with Crippen molar-refractivity contribution in [3.63, 3.8) is 0 Å². The van der Waals surface area contributed by atoms with E-state index in [1.807, 2.05) is 6.07 Å². The van der Waals surface area contributed by atoms with Crippen LogP contribution < -0.4 is 0 Å². The quantitative estimate of drug-likeness (QED) is 0.361. The summed E-state index contributed by atoms with van der Waals surface area (Å²) >= 11 is 0. The summed E-state index contributed by atoms with van der Waals surface area (Å²) in [6, 6.07) is 1.41. The van der Waals surface area contributed by atoms with Crippen LogP contribution in [0.4, 0.5) is 0 Å². The first-order valence-corrected chi connectivity index (χ1v) is 4.34. The van der Waals surface area contributed by atoms with Crippen LogP contribution >= 0.6 is 0 Å². The summed E-state index contributed by atoms with van der Waals surface area (Å²) in [5.41, 5.74) is 0. The van der Waals surface area contributed by atoms with E-state index >= 15 is 0 Å². The third kappa shape index (κ3) is 6.00. The molecule has 0 N–H and O–H groups in total. The molecule has 1 atom stereocenters. The van der Waals surface area contributed by atoms with Crippen LogP contribution in [-0.2, 0) is 14.3 Å². The highest BCUT2D eigenvalue weighted by atomic mass is 16.5. The van der Waals surface area contributed by atoms with Crippen LogP contribution in [0, 0.1) is 11.3 Å². The first-order chi connectivity index (χ1) is 6.74. The molecule has 0 aliphatic heterocycles. The van der Waals surface area contributed by atoms with E-state index in [-0.39, 0.29) is 12.4 Å². The van der Waals surface area contributed by atoms with E-state index in [4.69, 9.17) is 10.00 Å². The molecule has 0 saturated heterocycles.